The van der Waals surface area contributed by atoms with E-state index in [0.717, 1.165) is 30.6 Å². The molecule has 2 bridgehead atoms. The minimum absolute atomic E-state index is 0.114. The van der Waals surface area contributed by atoms with Crippen LogP contribution in [0, 0.1) is 11.8 Å². The highest BCUT2D eigenvalue weighted by Crippen LogP contribution is 2.55. The molecule has 1 aromatic rings. The van der Waals surface area contributed by atoms with Gasteiger partial charge in [0.15, 0.2) is 0 Å². The van der Waals surface area contributed by atoms with Gasteiger partial charge in [-0.2, -0.15) is 0 Å². The Labute approximate surface area is 204 Å². The van der Waals surface area contributed by atoms with Gasteiger partial charge in [-0.3, -0.25) is 14.4 Å². The fourth-order valence-electron chi connectivity index (χ4n) is 6.06. The van der Waals surface area contributed by atoms with Crippen molar-refractivity contribution in [1.82, 2.24) is 10.2 Å². The van der Waals surface area contributed by atoms with Crippen molar-refractivity contribution in [3.8, 4) is 0 Å². The Morgan fingerprint density at radius 1 is 1.26 bits per heavy atom. The highest BCUT2D eigenvalue weighted by atomic mass is 32.2. The van der Waals surface area contributed by atoms with Crippen LogP contribution in [-0.2, 0) is 19.1 Å². The van der Waals surface area contributed by atoms with E-state index in [9.17, 15) is 14.4 Å². The molecule has 8 heteroatoms. The molecule has 4 aliphatic rings. The van der Waals surface area contributed by atoms with Crippen molar-refractivity contribution in [3.63, 3.8) is 0 Å². The summed E-state index contributed by atoms with van der Waals surface area (Å²) < 4.78 is 6.34. The van der Waals surface area contributed by atoms with Gasteiger partial charge in [0.1, 0.15) is 11.6 Å². The number of nitrogens with one attached hydrogen (secondary N) is 2. The fourth-order valence-corrected chi connectivity index (χ4v) is 6.52. The Morgan fingerprint density at radius 3 is 2.79 bits per heavy atom. The number of carbonyl (C=O) groups is 3. The van der Waals surface area contributed by atoms with Crippen molar-refractivity contribution < 1.29 is 19.1 Å². The van der Waals surface area contributed by atoms with Crippen LogP contribution in [0.4, 0.5) is 5.69 Å². The molecule has 1 spiro atoms. The molecule has 5 unspecified atom stereocenters. The second-order valence-corrected chi connectivity index (χ2v) is 10.4. The highest BCUT2D eigenvalue weighted by molar-refractivity contribution is 7.98. The van der Waals surface area contributed by atoms with Crippen LogP contribution < -0.4 is 10.6 Å². The molecule has 34 heavy (non-hydrogen) atoms. The number of hydrogen-bond donors (Lipinski definition) is 2. The van der Waals surface area contributed by atoms with E-state index >= 15 is 0 Å². The lowest BCUT2D eigenvalue weighted by atomic mass is 9.74. The Balaban J connectivity index is 1.42. The van der Waals surface area contributed by atoms with Crippen molar-refractivity contribution in [2.24, 2.45) is 11.8 Å². The van der Waals surface area contributed by atoms with E-state index in [2.05, 4.69) is 17.2 Å². The summed E-state index contributed by atoms with van der Waals surface area (Å²) in [5.41, 5.74) is -0.454. The largest absolute Gasteiger partial charge is 0.359 e. The third-order valence-electron chi connectivity index (χ3n) is 7.54. The van der Waals surface area contributed by atoms with Gasteiger partial charge in [0.25, 0.3) is 0 Å². The van der Waals surface area contributed by atoms with Gasteiger partial charge < -0.3 is 20.3 Å². The van der Waals surface area contributed by atoms with Gasteiger partial charge in [-0.25, -0.2) is 0 Å². The van der Waals surface area contributed by atoms with Crippen molar-refractivity contribution in [1.29, 1.82) is 0 Å². The van der Waals surface area contributed by atoms with E-state index in [1.54, 1.807) is 17.8 Å². The molecule has 3 fully saturated rings. The second-order valence-electron chi connectivity index (χ2n) is 9.55. The summed E-state index contributed by atoms with van der Waals surface area (Å²) in [6, 6.07) is 6.90. The standard InChI is InChI=1S/C26H31N3O4S/c1-3-14-29-22(24(31)27-16-8-5-4-6-9-16)26-13-12-19(33-26)20(21(26)25(29)32)23(30)28-17-10-7-11-18(15-17)34-2/h3,7,10-13,15-16,19-22H,1,4-6,8-9,14H2,2H3,(H,27,31)(H,28,30). The minimum Gasteiger partial charge on any atom is -0.359 e. The molecule has 0 aromatic heterocycles. The number of thioether (sulfide) groups is 1. The van der Waals surface area contributed by atoms with Gasteiger partial charge in [-0.05, 0) is 37.3 Å². The molecule has 7 nitrogen and oxygen atoms in total. The molecule has 2 N–H and O–H groups in total. The minimum atomic E-state index is -1.13. The molecular weight excluding hydrogens is 450 g/mol. The van der Waals surface area contributed by atoms with Crippen LogP contribution in [0.15, 0.2) is 54.0 Å². The topological polar surface area (TPSA) is 87.7 Å². The maximum absolute atomic E-state index is 13.6. The lowest BCUT2D eigenvalue weighted by Gasteiger charge is -2.33. The summed E-state index contributed by atoms with van der Waals surface area (Å²) in [5, 5.41) is 6.14. The second kappa shape index (κ2) is 9.23. The first-order valence-corrected chi connectivity index (χ1v) is 13.2. The molecule has 5 rings (SSSR count). The summed E-state index contributed by atoms with van der Waals surface area (Å²) in [7, 11) is 0. The van der Waals surface area contributed by atoms with E-state index in [1.807, 2.05) is 42.7 Å². The SMILES string of the molecule is C=CCN1C(=O)C2C(C(=O)Nc3cccc(SC)c3)C3C=CC2(O3)C1C(=O)NC1CCCCC1. The third kappa shape index (κ3) is 3.77. The van der Waals surface area contributed by atoms with E-state index < -0.39 is 29.6 Å². The van der Waals surface area contributed by atoms with Gasteiger partial charge in [0, 0.05) is 23.2 Å². The predicted molar refractivity (Wildman–Crippen MR) is 131 cm³/mol. The van der Waals surface area contributed by atoms with E-state index in [-0.39, 0.29) is 30.3 Å². The van der Waals surface area contributed by atoms with Gasteiger partial charge in [0.05, 0.1) is 17.9 Å². The zero-order chi connectivity index (χ0) is 23.9. The van der Waals surface area contributed by atoms with E-state index in [1.165, 1.54) is 11.3 Å². The first-order valence-electron chi connectivity index (χ1n) is 12.0. The molecule has 1 saturated carbocycles. The molecule has 3 amide bonds. The molecule has 0 radical (unpaired) electrons. The first kappa shape index (κ1) is 23.2. The lowest BCUT2D eigenvalue weighted by molar-refractivity contribution is -0.140. The summed E-state index contributed by atoms with van der Waals surface area (Å²) in [6.07, 6.45) is 12.0. The predicted octanol–water partition coefficient (Wildman–Crippen LogP) is 3.13. The quantitative estimate of drug-likeness (QED) is 0.462. The number of amides is 3. The van der Waals surface area contributed by atoms with E-state index in [4.69, 9.17) is 4.74 Å². The van der Waals surface area contributed by atoms with Crippen LogP contribution in [0.1, 0.15) is 32.1 Å². The molecule has 180 valence electrons. The number of ether oxygens (including phenoxy) is 1. The lowest BCUT2D eigenvalue weighted by Crippen LogP contribution is -2.56. The molecule has 1 aliphatic carbocycles. The number of rotatable bonds is 7. The number of fused-ring (bicyclic) bond motifs is 1. The van der Waals surface area contributed by atoms with Crippen LogP contribution in [0.5, 0.6) is 0 Å². The first-order chi connectivity index (χ1) is 16.5. The normalized spacial score (nSPS) is 32.0. The summed E-state index contributed by atoms with van der Waals surface area (Å²) in [5.74, 6) is -2.14. The van der Waals surface area contributed by atoms with E-state index in [0.29, 0.717) is 5.69 Å². The maximum atomic E-state index is 13.6. The zero-order valence-electron chi connectivity index (χ0n) is 19.4. The maximum Gasteiger partial charge on any atom is 0.246 e. The van der Waals surface area contributed by atoms with Crippen molar-refractivity contribution in [2.75, 3.05) is 18.1 Å². The number of carbonyl (C=O) groups excluding carboxylic acids is 3. The Bertz CT molecular complexity index is 1040. The Kier molecular flexibility index (Phi) is 6.29. The molecule has 3 aliphatic heterocycles. The van der Waals surface area contributed by atoms with Crippen LogP contribution in [-0.4, -0.2) is 59.2 Å². The van der Waals surface area contributed by atoms with Crippen LogP contribution in [0.25, 0.3) is 0 Å². The third-order valence-corrected chi connectivity index (χ3v) is 8.26. The summed E-state index contributed by atoms with van der Waals surface area (Å²) in [6.45, 7) is 4.01. The number of anilines is 1. The number of benzene rings is 1. The summed E-state index contributed by atoms with van der Waals surface area (Å²) >= 11 is 1.59. The molecule has 1 aromatic carbocycles. The fraction of sp³-hybridized carbons (Fsp3) is 0.500. The average Bonchev–Trinajstić information content (AvgIpc) is 3.48. The summed E-state index contributed by atoms with van der Waals surface area (Å²) in [4.78, 5) is 43.2. The van der Waals surface area contributed by atoms with Crippen LogP contribution in [0.3, 0.4) is 0 Å². The zero-order valence-corrected chi connectivity index (χ0v) is 20.2. The average molecular weight is 482 g/mol. The highest BCUT2D eigenvalue weighted by Gasteiger charge is 2.72. The van der Waals surface area contributed by atoms with Crippen LogP contribution >= 0.6 is 11.8 Å². The number of nitrogens with zero attached hydrogens (tertiary/aromatic N) is 1. The van der Waals surface area contributed by atoms with Crippen LogP contribution in [0.2, 0.25) is 0 Å². The van der Waals surface area contributed by atoms with Gasteiger partial charge >= 0.3 is 0 Å². The Hall–Kier alpha value is -2.58. The monoisotopic (exact) mass is 481 g/mol. The molecule has 3 heterocycles. The smallest absolute Gasteiger partial charge is 0.246 e. The Morgan fingerprint density at radius 2 is 2.06 bits per heavy atom. The van der Waals surface area contributed by atoms with Gasteiger partial charge in [0.2, 0.25) is 17.7 Å². The van der Waals surface area contributed by atoms with Crippen molar-refractivity contribution >= 4 is 35.2 Å². The molecule has 5 atom stereocenters. The number of hydrogen-bond acceptors (Lipinski definition) is 5. The molecular formula is C26H31N3O4S. The van der Waals surface area contributed by atoms with Crippen molar-refractivity contribution in [3.05, 3.63) is 49.1 Å². The number of likely N-dealkylation sites (tertiary alicyclic amines) is 1. The van der Waals surface area contributed by atoms with Gasteiger partial charge in [-0.1, -0.05) is 43.6 Å². The van der Waals surface area contributed by atoms with Gasteiger partial charge in [-0.15, -0.1) is 18.3 Å². The molecule has 2 saturated heterocycles. The van der Waals surface area contributed by atoms with Crippen molar-refractivity contribution in [2.45, 2.75) is 60.8 Å².